The Kier molecular flexibility index (Phi) is 7.75. The van der Waals surface area contributed by atoms with E-state index in [0.29, 0.717) is 55.5 Å². The fourth-order valence-electron chi connectivity index (χ4n) is 3.94. The fraction of sp³-hybridized carbons (Fsp3) is 0.308. The van der Waals surface area contributed by atoms with Crippen LogP contribution in [0.3, 0.4) is 0 Å². The molecular weight excluding hydrogens is 537 g/mol. The Morgan fingerprint density at radius 1 is 0.975 bits per heavy atom. The molecular formula is C26H23F3N4O7. The first-order chi connectivity index (χ1) is 19.2. The summed E-state index contributed by atoms with van der Waals surface area (Å²) in [6.45, 7) is 1.44. The Hall–Kier alpha value is -4.75. The number of halogens is 3. The predicted molar refractivity (Wildman–Crippen MR) is 134 cm³/mol. The molecule has 11 nitrogen and oxygen atoms in total. The maximum Gasteiger partial charge on any atom is 0.573 e. The molecule has 14 heteroatoms. The van der Waals surface area contributed by atoms with Gasteiger partial charge in [0, 0.05) is 35.8 Å². The standard InChI is InChI=1S/C26H23F3N4O7/c27-26(28,29)40-19-5-3-18(4-6-19)36-12-1-13-37-24-9-2-17-14-20(7-8-22(17)30-24)38-16-21-10-11-32-15-23(33(34)35)31-25(32)39-21/h2-9,14-15,21H,1,10-13,16H2/t21-/m1/s1. The Bertz CT molecular complexity index is 1480. The minimum Gasteiger partial charge on any atom is -0.493 e. The van der Waals surface area contributed by atoms with E-state index >= 15 is 0 Å². The Morgan fingerprint density at radius 3 is 2.50 bits per heavy atom. The van der Waals surface area contributed by atoms with Crippen molar-refractivity contribution in [2.45, 2.75) is 31.9 Å². The van der Waals surface area contributed by atoms with Crippen molar-refractivity contribution in [3.63, 3.8) is 0 Å². The summed E-state index contributed by atoms with van der Waals surface area (Å²) in [5.74, 6) is 0.923. The zero-order valence-corrected chi connectivity index (χ0v) is 20.9. The van der Waals surface area contributed by atoms with Gasteiger partial charge in [-0.05, 0) is 53.5 Å². The van der Waals surface area contributed by atoms with Crippen LogP contribution in [-0.4, -0.2) is 51.7 Å². The lowest BCUT2D eigenvalue weighted by molar-refractivity contribution is -0.389. The molecule has 0 fully saturated rings. The second kappa shape index (κ2) is 11.6. The van der Waals surface area contributed by atoms with Crippen LogP contribution >= 0.6 is 0 Å². The molecule has 0 saturated heterocycles. The van der Waals surface area contributed by atoms with Crippen molar-refractivity contribution in [3.05, 3.63) is 70.9 Å². The fourth-order valence-corrected chi connectivity index (χ4v) is 3.94. The van der Waals surface area contributed by atoms with Gasteiger partial charge in [-0.3, -0.25) is 4.57 Å². The molecule has 2 aromatic heterocycles. The van der Waals surface area contributed by atoms with E-state index in [9.17, 15) is 23.3 Å². The molecule has 2 aromatic carbocycles. The molecule has 1 aliphatic rings. The predicted octanol–water partition coefficient (Wildman–Crippen LogP) is 5.32. The van der Waals surface area contributed by atoms with E-state index < -0.39 is 11.3 Å². The van der Waals surface area contributed by atoms with E-state index in [1.807, 2.05) is 18.2 Å². The number of pyridine rings is 1. The van der Waals surface area contributed by atoms with E-state index in [0.717, 1.165) is 5.39 Å². The second-order valence-corrected chi connectivity index (χ2v) is 8.75. The minimum absolute atomic E-state index is 0.210. The van der Waals surface area contributed by atoms with Crippen molar-refractivity contribution < 1.29 is 41.8 Å². The SMILES string of the molecule is O=[N+]([O-])c1cn2c(n1)O[C@@H](COc1ccc3nc(OCCCOc4ccc(OC(F)(F)F)cc4)ccc3c1)CC2. The van der Waals surface area contributed by atoms with E-state index in [1.54, 1.807) is 16.7 Å². The molecule has 40 heavy (non-hydrogen) atoms. The van der Waals surface area contributed by atoms with Crippen molar-refractivity contribution >= 4 is 16.7 Å². The summed E-state index contributed by atoms with van der Waals surface area (Å²) < 4.78 is 64.9. The van der Waals surface area contributed by atoms with E-state index in [1.165, 1.54) is 30.5 Å². The lowest BCUT2D eigenvalue weighted by atomic mass is 10.2. The molecule has 4 aromatic rings. The van der Waals surface area contributed by atoms with Crippen LogP contribution in [0.2, 0.25) is 0 Å². The molecule has 0 spiro atoms. The number of rotatable bonds is 11. The summed E-state index contributed by atoms with van der Waals surface area (Å²) in [6.07, 6.45) is -2.50. The van der Waals surface area contributed by atoms with Gasteiger partial charge < -0.3 is 33.8 Å². The molecule has 0 radical (unpaired) electrons. The summed E-state index contributed by atoms with van der Waals surface area (Å²) in [6, 6.07) is 14.4. The molecule has 0 N–H and O–H groups in total. The molecule has 0 bridgehead atoms. The van der Waals surface area contributed by atoms with Gasteiger partial charge in [0.05, 0.1) is 18.7 Å². The number of imidazole rings is 1. The highest BCUT2D eigenvalue weighted by molar-refractivity contribution is 5.80. The quantitative estimate of drug-likeness (QED) is 0.136. The highest BCUT2D eigenvalue weighted by Crippen LogP contribution is 2.27. The lowest BCUT2D eigenvalue weighted by Gasteiger charge is -2.22. The maximum atomic E-state index is 12.2. The molecule has 0 aliphatic carbocycles. The number of benzene rings is 2. The van der Waals surface area contributed by atoms with Crippen LogP contribution in [0.1, 0.15) is 12.8 Å². The number of nitrogens with zero attached hydrogens (tertiary/aromatic N) is 4. The molecule has 0 saturated carbocycles. The highest BCUT2D eigenvalue weighted by Gasteiger charge is 2.31. The third-order valence-electron chi connectivity index (χ3n) is 5.81. The third kappa shape index (κ3) is 7.01. The van der Waals surface area contributed by atoms with Gasteiger partial charge >= 0.3 is 18.2 Å². The van der Waals surface area contributed by atoms with Crippen molar-refractivity contribution in [3.8, 4) is 29.1 Å². The molecule has 210 valence electrons. The topological polar surface area (TPSA) is 120 Å². The summed E-state index contributed by atoms with van der Waals surface area (Å²) >= 11 is 0. The van der Waals surface area contributed by atoms with Crippen molar-refractivity contribution in [2.75, 3.05) is 19.8 Å². The van der Waals surface area contributed by atoms with Crippen LogP contribution in [0, 0.1) is 10.1 Å². The molecule has 0 unspecified atom stereocenters. The maximum absolute atomic E-state index is 12.2. The second-order valence-electron chi connectivity index (χ2n) is 8.75. The van der Waals surface area contributed by atoms with Crippen molar-refractivity contribution in [2.24, 2.45) is 0 Å². The van der Waals surface area contributed by atoms with Gasteiger partial charge in [-0.1, -0.05) is 0 Å². The average molecular weight is 560 g/mol. The van der Waals surface area contributed by atoms with E-state index in [4.69, 9.17) is 18.9 Å². The van der Waals surface area contributed by atoms with Gasteiger partial charge in [0.2, 0.25) is 5.88 Å². The summed E-state index contributed by atoms with van der Waals surface area (Å²) in [5, 5.41) is 11.8. The molecule has 0 amide bonds. The van der Waals surface area contributed by atoms with E-state index in [2.05, 4.69) is 14.7 Å². The summed E-state index contributed by atoms with van der Waals surface area (Å²) in [5.41, 5.74) is 0.713. The molecule has 3 heterocycles. The summed E-state index contributed by atoms with van der Waals surface area (Å²) in [4.78, 5) is 18.7. The number of aryl methyl sites for hydroxylation is 1. The Morgan fingerprint density at radius 2 is 1.73 bits per heavy atom. The first kappa shape index (κ1) is 26.8. The first-order valence-electron chi connectivity index (χ1n) is 12.2. The van der Waals surface area contributed by atoms with Crippen molar-refractivity contribution in [1.29, 1.82) is 0 Å². The van der Waals surface area contributed by atoms with Crippen LogP contribution in [-0.2, 0) is 6.54 Å². The lowest BCUT2D eigenvalue weighted by Crippen LogP contribution is -2.31. The van der Waals surface area contributed by atoms with Crippen LogP contribution in [0.4, 0.5) is 19.0 Å². The number of hydrogen-bond donors (Lipinski definition) is 0. The van der Waals surface area contributed by atoms with E-state index in [-0.39, 0.29) is 30.3 Å². The number of ether oxygens (including phenoxy) is 5. The van der Waals surface area contributed by atoms with Crippen LogP contribution < -0.4 is 23.7 Å². The van der Waals surface area contributed by atoms with Crippen LogP contribution in [0.5, 0.6) is 29.1 Å². The van der Waals surface area contributed by atoms with Gasteiger partial charge in [-0.15, -0.1) is 13.2 Å². The Labute approximate surface area is 225 Å². The Balaban J connectivity index is 1.05. The van der Waals surface area contributed by atoms with Gasteiger partial charge in [0.15, 0.2) is 0 Å². The molecule has 1 atom stereocenters. The summed E-state index contributed by atoms with van der Waals surface area (Å²) in [7, 11) is 0. The first-order valence-corrected chi connectivity index (χ1v) is 12.2. The van der Waals surface area contributed by atoms with Gasteiger partial charge in [0.25, 0.3) is 0 Å². The largest absolute Gasteiger partial charge is 0.573 e. The molecule has 1 aliphatic heterocycles. The smallest absolute Gasteiger partial charge is 0.493 e. The third-order valence-corrected chi connectivity index (χ3v) is 5.81. The number of fused-ring (bicyclic) bond motifs is 2. The highest BCUT2D eigenvalue weighted by atomic mass is 19.4. The normalized spacial score (nSPS) is 14.7. The zero-order valence-electron chi connectivity index (χ0n) is 20.9. The van der Waals surface area contributed by atoms with Gasteiger partial charge in [-0.25, -0.2) is 4.98 Å². The number of aromatic nitrogens is 3. The number of nitro groups is 1. The number of hydrogen-bond acceptors (Lipinski definition) is 9. The van der Waals surface area contributed by atoms with Gasteiger partial charge in [-0.2, -0.15) is 0 Å². The minimum atomic E-state index is -4.74. The van der Waals surface area contributed by atoms with Crippen LogP contribution in [0.25, 0.3) is 10.9 Å². The van der Waals surface area contributed by atoms with Crippen molar-refractivity contribution in [1.82, 2.24) is 14.5 Å². The average Bonchev–Trinajstić information content (AvgIpc) is 3.36. The zero-order chi connectivity index (χ0) is 28.1. The number of alkyl halides is 3. The molecule has 5 rings (SSSR count). The van der Waals surface area contributed by atoms with Gasteiger partial charge in [0.1, 0.15) is 36.2 Å². The monoisotopic (exact) mass is 560 g/mol. The van der Waals surface area contributed by atoms with Crippen LogP contribution in [0.15, 0.2) is 60.8 Å².